The normalized spacial score (nSPS) is 20.1. The molecule has 0 aliphatic heterocycles. The summed E-state index contributed by atoms with van der Waals surface area (Å²) in [6, 6.07) is 0. The van der Waals surface area contributed by atoms with E-state index in [0.29, 0.717) is 11.3 Å². The molecule has 1 heterocycles. The molecule has 3 nitrogen and oxygen atoms in total. The molecular weight excluding hydrogens is 206 g/mol. The van der Waals surface area contributed by atoms with E-state index in [1.165, 1.54) is 17.8 Å². The van der Waals surface area contributed by atoms with Crippen LogP contribution in [0.2, 0.25) is 0 Å². The molecule has 0 amide bonds. The van der Waals surface area contributed by atoms with Crippen molar-refractivity contribution in [2.45, 2.75) is 25.7 Å². The molecule has 1 aromatic heterocycles. The third-order valence-electron chi connectivity index (χ3n) is 3.21. The Hall–Kier alpha value is -0.450. The maximum absolute atomic E-state index is 5.73. The van der Waals surface area contributed by atoms with E-state index in [9.17, 15) is 0 Å². The van der Waals surface area contributed by atoms with Crippen LogP contribution >= 0.6 is 11.3 Å². The smallest absolute Gasteiger partial charge is 0.0965 e. The fourth-order valence-corrected chi connectivity index (χ4v) is 2.45. The fourth-order valence-electron chi connectivity index (χ4n) is 1.75. The van der Waals surface area contributed by atoms with Crippen molar-refractivity contribution in [1.29, 1.82) is 0 Å². The topological polar surface area (TPSA) is 50.9 Å². The summed E-state index contributed by atoms with van der Waals surface area (Å²) in [7, 11) is 0. The number of nitrogens with one attached hydrogen (secondary N) is 1. The van der Waals surface area contributed by atoms with Crippen LogP contribution in [-0.4, -0.2) is 24.6 Å². The van der Waals surface area contributed by atoms with E-state index in [4.69, 9.17) is 5.73 Å². The summed E-state index contributed by atoms with van der Waals surface area (Å²) in [6.45, 7) is 5.12. The fraction of sp³-hybridized carbons (Fsp3) is 0.727. The molecule has 1 fully saturated rings. The third kappa shape index (κ3) is 2.77. The number of nitrogens with two attached hydrogens (primary N) is 1. The maximum Gasteiger partial charge on any atom is 0.0965 e. The maximum atomic E-state index is 5.73. The van der Waals surface area contributed by atoms with Crippen molar-refractivity contribution in [3.63, 3.8) is 0 Å². The zero-order chi connectivity index (χ0) is 10.7. The molecule has 0 saturated heterocycles. The molecule has 3 N–H and O–H groups in total. The zero-order valence-electron chi connectivity index (χ0n) is 9.20. The zero-order valence-corrected chi connectivity index (χ0v) is 10.0. The highest BCUT2D eigenvalue weighted by Gasteiger charge is 2.40. The second-order valence-electron chi connectivity index (χ2n) is 4.61. The Kier molecular flexibility index (Phi) is 3.38. The van der Waals surface area contributed by atoms with Gasteiger partial charge in [-0.2, -0.15) is 0 Å². The minimum absolute atomic E-state index is 0.433. The summed E-state index contributed by atoms with van der Waals surface area (Å²) in [6.07, 6.45) is 4.46. The first-order valence-electron chi connectivity index (χ1n) is 5.56. The summed E-state index contributed by atoms with van der Waals surface area (Å²) < 4.78 is 0. The van der Waals surface area contributed by atoms with Gasteiger partial charge >= 0.3 is 0 Å². The number of nitrogens with zero attached hydrogens (tertiary/aromatic N) is 1. The first-order valence-corrected chi connectivity index (χ1v) is 6.44. The van der Waals surface area contributed by atoms with Crippen molar-refractivity contribution in [1.82, 2.24) is 10.3 Å². The molecule has 1 unspecified atom stereocenters. The number of hydrogen-bond acceptors (Lipinski definition) is 4. The molecule has 1 atom stereocenters. The summed E-state index contributed by atoms with van der Waals surface area (Å²) in [5.74, 6) is 0.513. The van der Waals surface area contributed by atoms with Crippen LogP contribution in [0.25, 0.3) is 0 Å². The standard InChI is InChI=1S/C11H19N3S/c1-9(10-14-4-5-15-10)6-13-8-11(7-12)2-3-11/h4-5,9,13H,2-3,6-8,12H2,1H3. The van der Waals surface area contributed by atoms with Crippen LogP contribution in [0.15, 0.2) is 11.6 Å². The van der Waals surface area contributed by atoms with Crippen LogP contribution in [0.1, 0.15) is 30.7 Å². The van der Waals surface area contributed by atoms with E-state index < -0.39 is 0 Å². The first kappa shape index (κ1) is 11.0. The molecular formula is C11H19N3S. The van der Waals surface area contributed by atoms with E-state index in [2.05, 4.69) is 17.2 Å². The lowest BCUT2D eigenvalue weighted by molar-refractivity contribution is 0.457. The van der Waals surface area contributed by atoms with Crippen LogP contribution in [0, 0.1) is 5.41 Å². The van der Waals surface area contributed by atoms with Gasteiger partial charge in [0, 0.05) is 30.6 Å². The van der Waals surface area contributed by atoms with Gasteiger partial charge in [0.25, 0.3) is 0 Å². The molecule has 0 bridgehead atoms. The van der Waals surface area contributed by atoms with Crippen LogP contribution in [0.4, 0.5) is 0 Å². The summed E-state index contributed by atoms with van der Waals surface area (Å²) in [5, 5.41) is 6.77. The molecule has 2 rings (SSSR count). The molecule has 1 saturated carbocycles. The number of thiazole rings is 1. The largest absolute Gasteiger partial charge is 0.330 e. The second-order valence-corrected chi connectivity index (χ2v) is 5.53. The molecule has 0 spiro atoms. The van der Waals surface area contributed by atoms with Crippen molar-refractivity contribution in [3.8, 4) is 0 Å². The molecule has 1 aliphatic rings. The summed E-state index contributed by atoms with van der Waals surface area (Å²) >= 11 is 1.73. The molecule has 15 heavy (non-hydrogen) atoms. The minimum atomic E-state index is 0.433. The first-order chi connectivity index (χ1) is 7.26. The van der Waals surface area contributed by atoms with E-state index >= 15 is 0 Å². The van der Waals surface area contributed by atoms with Gasteiger partial charge < -0.3 is 11.1 Å². The van der Waals surface area contributed by atoms with Crippen molar-refractivity contribution in [2.75, 3.05) is 19.6 Å². The highest BCUT2D eigenvalue weighted by Crippen LogP contribution is 2.43. The molecule has 1 aliphatic carbocycles. The Balaban J connectivity index is 1.70. The van der Waals surface area contributed by atoms with Crippen LogP contribution in [0.5, 0.6) is 0 Å². The third-order valence-corrected chi connectivity index (χ3v) is 4.22. The van der Waals surface area contributed by atoms with E-state index in [1.807, 2.05) is 11.6 Å². The molecule has 1 aromatic rings. The Morgan fingerprint density at radius 3 is 3.00 bits per heavy atom. The quantitative estimate of drug-likeness (QED) is 0.773. The summed E-state index contributed by atoms with van der Waals surface area (Å²) in [5.41, 5.74) is 6.16. The van der Waals surface area contributed by atoms with Gasteiger partial charge in [-0.3, -0.25) is 0 Å². The van der Waals surface area contributed by atoms with E-state index in [0.717, 1.165) is 19.6 Å². The average molecular weight is 225 g/mol. The molecule has 84 valence electrons. The van der Waals surface area contributed by atoms with Gasteiger partial charge in [0.2, 0.25) is 0 Å². The van der Waals surface area contributed by atoms with Gasteiger partial charge in [0.15, 0.2) is 0 Å². The van der Waals surface area contributed by atoms with Gasteiger partial charge in [0.05, 0.1) is 5.01 Å². The van der Waals surface area contributed by atoms with Crippen molar-refractivity contribution >= 4 is 11.3 Å². The number of rotatable bonds is 6. The second kappa shape index (κ2) is 4.60. The lowest BCUT2D eigenvalue weighted by atomic mass is 10.1. The van der Waals surface area contributed by atoms with Crippen molar-refractivity contribution < 1.29 is 0 Å². The Morgan fingerprint density at radius 1 is 1.67 bits per heavy atom. The van der Waals surface area contributed by atoms with Gasteiger partial charge in [0.1, 0.15) is 0 Å². The van der Waals surface area contributed by atoms with Gasteiger partial charge in [-0.25, -0.2) is 4.98 Å². The lowest BCUT2D eigenvalue weighted by Crippen LogP contribution is -2.31. The predicted octanol–water partition coefficient (Wildman–Crippen LogP) is 1.58. The Labute approximate surface area is 95.1 Å². The Morgan fingerprint density at radius 2 is 2.47 bits per heavy atom. The molecule has 0 aromatic carbocycles. The number of hydrogen-bond donors (Lipinski definition) is 2. The molecule has 4 heteroatoms. The predicted molar refractivity (Wildman–Crippen MR) is 64.1 cm³/mol. The highest BCUT2D eigenvalue weighted by molar-refractivity contribution is 7.09. The van der Waals surface area contributed by atoms with Gasteiger partial charge in [-0.15, -0.1) is 11.3 Å². The average Bonchev–Trinajstić information content (AvgIpc) is 2.81. The highest BCUT2D eigenvalue weighted by atomic mass is 32.1. The van der Waals surface area contributed by atoms with Gasteiger partial charge in [-0.05, 0) is 24.8 Å². The number of aromatic nitrogens is 1. The van der Waals surface area contributed by atoms with Crippen molar-refractivity contribution in [2.24, 2.45) is 11.1 Å². The Bertz CT molecular complexity index is 293. The van der Waals surface area contributed by atoms with Crippen molar-refractivity contribution in [3.05, 3.63) is 16.6 Å². The van der Waals surface area contributed by atoms with Crippen LogP contribution in [0.3, 0.4) is 0 Å². The minimum Gasteiger partial charge on any atom is -0.330 e. The molecule has 0 radical (unpaired) electrons. The monoisotopic (exact) mass is 225 g/mol. The van der Waals surface area contributed by atoms with E-state index in [1.54, 1.807) is 11.3 Å². The van der Waals surface area contributed by atoms with Crippen LogP contribution < -0.4 is 11.1 Å². The summed E-state index contributed by atoms with van der Waals surface area (Å²) in [4.78, 5) is 4.32. The lowest BCUT2D eigenvalue weighted by Gasteiger charge is -2.15. The van der Waals surface area contributed by atoms with Gasteiger partial charge in [-0.1, -0.05) is 6.92 Å². The van der Waals surface area contributed by atoms with E-state index in [-0.39, 0.29) is 0 Å². The SMILES string of the molecule is CC(CNCC1(CN)CC1)c1nccs1. The van der Waals surface area contributed by atoms with Crippen LogP contribution in [-0.2, 0) is 0 Å².